The van der Waals surface area contributed by atoms with Crippen LogP contribution in [-0.2, 0) is 10.2 Å². The first-order valence-electron chi connectivity index (χ1n) is 9.66. The molecule has 152 valence electrons. The summed E-state index contributed by atoms with van der Waals surface area (Å²) in [6.07, 6.45) is 5.59. The molecule has 1 aromatic rings. The maximum absolute atomic E-state index is 11.0. The number of benzene rings is 1. The van der Waals surface area contributed by atoms with Gasteiger partial charge in [0, 0.05) is 12.2 Å². The van der Waals surface area contributed by atoms with Crippen molar-refractivity contribution in [2.24, 2.45) is 5.14 Å². The molecule has 0 heterocycles. The average Bonchev–Trinajstić information content (AvgIpc) is 2.61. The highest BCUT2D eigenvalue weighted by molar-refractivity contribution is 7.90. The highest BCUT2D eigenvalue weighted by Gasteiger charge is 2.12. The predicted octanol–water partition coefficient (Wildman–Crippen LogP) is 3.65. The molecule has 1 unspecified atom stereocenters. The molecule has 0 radical (unpaired) electrons. The van der Waals surface area contributed by atoms with Gasteiger partial charge in [0.05, 0.1) is 6.10 Å². The average molecular weight is 388 g/mol. The van der Waals surface area contributed by atoms with Crippen molar-refractivity contribution in [1.82, 2.24) is 4.90 Å². The minimum Gasteiger partial charge on any atom is -0.387 e. The van der Waals surface area contributed by atoms with E-state index in [1.54, 1.807) is 24.3 Å². The number of nitrogens with zero attached hydrogens (tertiary/aromatic N) is 1. The lowest BCUT2D eigenvalue weighted by molar-refractivity contribution is 0.115. The Morgan fingerprint density at radius 2 is 1.65 bits per heavy atom. The van der Waals surface area contributed by atoms with Gasteiger partial charge in [0.15, 0.2) is 0 Å². The largest absolute Gasteiger partial charge is 0.387 e. The molecule has 0 saturated carbocycles. The second kappa shape index (κ2) is 14.0. The minimum atomic E-state index is -3.77. The second-order valence-corrected chi connectivity index (χ2v) is 7.39. The van der Waals surface area contributed by atoms with Crippen molar-refractivity contribution in [1.29, 1.82) is 0 Å². The Bertz CT molecular complexity index is 562. The molecule has 26 heavy (non-hydrogen) atoms. The summed E-state index contributed by atoms with van der Waals surface area (Å²) in [5.74, 6) is 0. The molecule has 0 aliphatic rings. The number of likely N-dealkylation sites (N-methyl/N-ethyl adjacent to an activating group) is 1. The highest BCUT2D eigenvalue weighted by Crippen LogP contribution is 2.18. The van der Waals surface area contributed by atoms with Crippen molar-refractivity contribution >= 4 is 15.9 Å². The summed E-state index contributed by atoms with van der Waals surface area (Å²) in [7, 11) is -3.77. The molecule has 0 fully saturated rings. The smallest absolute Gasteiger partial charge is 0.296 e. The second-order valence-electron chi connectivity index (χ2n) is 6.09. The van der Waals surface area contributed by atoms with Crippen molar-refractivity contribution in [3.8, 4) is 0 Å². The Morgan fingerprint density at radius 3 is 2.15 bits per heavy atom. The van der Waals surface area contributed by atoms with Gasteiger partial charge in [0.25, 0.3) is 10.2 Å². The van der Waals surface area contributed by atoms with E-state index in [2.05, 4.69) is 23.5 Å². The topological polar surface area (TPSA) is 95.7 Å². The van der Waals surface area contributed by atoms with E-state index in [-0.39, 0.29) is 0 Å². The third-order valence-electron chi connectivity index (χ3n) is 4.01. The summed E-state index contributed by atoms with van der Waals surface area (Å²) in [6.45, 7) is 10.8. The van der Waals surface area contributed by atoms with Gasteiger partial charge in [-0.15, -0.1) is 0 Å². The predicted molar refractivity (Wildman–Crippen MR) is 110 cm³/mol. The van der Waals surface area contributed by atoms with Gasteiger partial charge in [-0.2, -0.15) is 8.42 Å². The van der Waals surface area contributed by atoms with Gasteiger partial charge < -0.3 is 10.0 Å². The van der Waals surface area contributed by atoms with E-state index in [1.807, 2.05) is 13.8 Å². The van der Waals surface area contributed by atoms with Crippen LogP contribution in [0.1, 0.15) is 71.5 Å². The van der Waals surface area contributed by atoms with Crippen molar-refractivity contribution in [3.63, 3.8) is 0 Å². The number of aliphatic hydroxyl groups excluding tert-OH is 1. The van der Waals surface area contributed by atoms with Gasteiger partial charge in [0.2, 0.25) is 0 Å². The van der Waals surface area contributed by atoms with Gasteiger partial charge >= 0.3 is 0 Å². The van der Waals surface area contributed by atoms with E-state index in [0.717, 1.165) is 25.1 Å². The van der Waals surface area contributed by atoms with Crippen LogP contribution in [0.5, 0.6) is 0 Å². The molecule has 6 nitrogen and oxygen atoms in total. The van der Waals surface area contributed by atoms with Crippen LogP contribution in [0.3, 0.4) is 0 Å². The fourth-order valence-corrected chi connectivity index (χ4v) is 3.07. The summed E-state index contributed by atoms with van der Waals surface area (Å²) in [6, 6.07) is 6.63. The number of anilines is 1. The molecule has 1 atom stereocenters. The van der Waals surface area contributed by atoms with Crippen LogP contribution >= 0.6 is 0 Å². The third-order valence-corrected chi connectivity index (χ3v) is 4.53. The first-order valence-corrected chi connectivity index (χ1v) is 11.2. The fraction of sp³-hybridized carbons (Fsp3) is 0.684. The quantitative estimate of drug-likeness (QED) is 0.477. The molecule has 0 amide bonds. The number of aliphatic hydroxyl groups is 1. The summed E-state index contributed by atoms with van der Waals surface area (Å²) in [4.78, 5) is 2.24. The van der Waals surface area contributed by atoms with E-state index in [0.29, 0.717) is 12.2 Å². The Kier molecular flexibility index (Phi) is 13.4. The molecular weight excluding hydrogens is 350 g/mol. The molecule has 0 spiro atoms. The number of hydrogen-bond acceptors (Lipinski definition) is 4. The molecule has 0 aliphatic carbocycles. The molecule has 1 aromatic carbocycles. The molecule has 0 aromatic heterocycles. The van der Waals surface area contributed by atoms with Crippen LogP contribution in [0.2, 0.25) is 0 Å². The Balaban J connectivity index is 0.00000301. The van der Waals surface area contributed by atoms with E-state index in [4.69, 9.17) is 5.14 Å². The van der Waals surface area contributed by atoms with E-state index < -0.39 is 16.3 Å². The first kappa shape index (κ1) is 24.8. The van der Waals surface area contributed by atoms with Crippen molar-refractivity contribution in [3.05, 3.63) is 29.8 Å². The first-order chi connectivity index (χ1) is 12.4. The summed E-state index contributed by atoms with van der Waals surface area (Å²) in [5, 5.41) is 15.3. The Labute approximate surface area is 160 Å². The molecule has 1 rings (SSSR count). The summed E-state index contributed by atoms with van der Waals surface area (Å²) >= 11 is 0. The Hall–Kier alpha value is -1.15. The zero-order valence-corrected chi connectivity index (χ0v) is 17.6. The minimum absolute atomic E-state index is 0.386. The lowest BCUT2D eigenvalue weighted by Crippen LogP contribution is -2.29. The van der Waals surface area contributed by atoms with Gasteiger partial charge in [-0.1, -0.05) is 65.5 Å². The maximum Gasteiger partial charge on any atom is 0.296 e. The molecule has 0 saturated heterocycles. The van der Waals surface area contributed by atoms with Gasteiger partial charge in [-0.3, -0.25) is 4.72 Å². The van der Waals surface area contributed by atoms with E-state index in [9.17, 15) is 13.5 Å². The molecular formula is C19H37N3O3S. The van der Waals surface area contributed by atoms with Crippen molar-refractivity contribution < 1.29 is 13.5 Å². The SMILES string of the molecule is CC.CCCCCCCN(CC)CC(O)c1ccc(NS(N)(=O)=O)cc1. The van der Waals surface area contributed by atoms with Crippen LogP contribution in [0.4, 0.5) is 5.69 Å². The van der Waals surface area contributed by atoms with Crippen LogP contribution < -0.4 is 9.86 Å². The zero-order valence-electron chi connectivity index (χ0n) is 16.7. The van der Waals surface area contributed by atoms with Crippen LogP contribution in [0.25, 0.3) is 0 Å². The zero-order chi connectivity index (χ0) is 20.0. The third kappa shape index (κ3) is 11.5. The molecule has 0 bridgehead atoms. The van der Waals surface area contributed by atoms with E-state index >= 15 is 0 Å². The number of rotatable bonds is 12. The monoisotopic (exact) mass is 387 g/mol. The molecule has 7 heteroatoms. The number of nitrogens with one attached hydrogen (secondary N) is 1. The van der Waals surface area contributed by atoms with Crippen LogP contribution in [-0.4, -0.2) is 38.1 Å². The number of hydrogen-bond donors (Lipinski definition) is 3. The van der Waals surface area contributed by atoms with Crippen molar-refractivity contribution in [2.45, 2.75) is 65.9 Å². The van der Waals surface area contributed by atoms with Gasteiger partial charge in [0.1, 0.15) is 0 Å². The normalized spacial score (nSPS) is 12.4. The lowest BCUT2D eigenvalue weighted by atomic mass is 10.1. The number of nitrogens with two attached hydrogens (primary N) is 1. The summed E-state index contributed by atoms with van der Waals surface area (Å²) < 4.78 is 24.2. The maximum atomic E-state index is 11.0. The fourth-order valence-electron chi connectivity index (χ4n) is 2.61. The van der Waals surface area contributed by atoms with Crippen molar-refractivity contribution in [2.75, 3.05) is 24.4 Å². The van der Waals surface area contributed by atoms with Gasteiger partial charge in [-0.05, 0) is 37.2 Å². The molecule has 0 aliphatic heterocycles. The van der Waals surface area contributed by atoms with Crippen LogP contribution in [0.15, 0.2) is 24.3 Å². The standard InChI is InChI=1S/C17H31N3O3S.C2H6/c1-3-5-6-7-8-13-20(4-2)14-17(21)15-9-11-16(12-10-15)19-24(18,22)23;1-2/h9-12,17,19,21H,3-8,13-14H2,1-2H3,(H2,18,22,23);1-2H3. The number of unbranched alkanes of at least 4 members (excludes halogenated alkanes) is 4. The van der Waals surface area contributed by atoms with E-state index in [1.165, 1.54) is 25.7 Å². The van der Waals surface area contributed by atoms with Gasteiger partial charge in [-0.25, -0.2) is 5.14 Å². The summed E-state index contributed by atoms with van der Waals surface area (Å²) in [5.41, 5.74) is 1.15. The lowest BCUT2D eigenvalue weighted by Gasteiger charge is -2.24. The highest BCUT2D eigenvalue weighted by atomic mass is 32.2. The van der Waals surface area contributed by atoms with Crippen LogP contribution in [0, 0.1) is 0 Å². The Morgan fingerprint density at radius 1 is 1.08 bits per heavy atom. The molecule has 4 N–H and O–H groups in total.